The van der Waals surface area contributed by atoms with Gasteiger partial charge in [-0.3, -0.25) is 13.9 Å². The average Bonchev–Trinajstić information content (AvgIpc) is 2.78. The van der Waals surface area contributed by atoms with Crippen LogP contribution in [0.3, 0.4) is 0 Å². The molecule has 1 N–H and O–H groups in total. The summed E-state index contributed by atoms with van der Waals surface area (Å²) in [5.41, 5.74) is 0.754. The molecule has 0 radical (unpaired) electrons. The van der Waals surface area contributed by atoms with Crippen molar-refractivity contribution < 1.29 is 22.4 Å². The van der Waals surface area contributed by atoms with Gasteiger partial charge in [-0.05, 0) is 48.2 Å². The molecule has 0 aliphatic rings. The number of hydrogen-bond acceptors (Lipinski definition) is 4. The van der Waals surface area contributed by atoms with Crippen LogP contribution in [0.5, 0.6) is 0 Å². The maximum absolute atomic E-state index is 13.7. The van der Waals surface area contributed by atoms with E-state index in [0.29, 0.717) is 23.6 Å². The molecule has 0 spiro atoms. The van der Waals surface area contributed by atoms with Gasteiger partial charge in [0.25, 0.3) is 0 Å². The highest BCUT2D eigenvalue weighted by molar-refractivity contribution is 7.92. The fraction of sp³-hybridized carbons (Fsp3) is 0.417. The van der Waals surface area contributed by atoms with Gasteiger partial charge < -0.3 is 10.2 Å². The van der Waals surface area contributed by atoms with Crippen LogP contribution in [0.2, 0.25) is 10.0 Å². The van der Waals surface area contributed by atoms with Crippen LogP contribution < -0.4 is 9.62 Å². The summed E-state index contributed by atoms with van der Waals surface area (Å²) >= 11 is 11.8. The lowest BCUT2D eigenvalue weighted by Crippen LogP contribution is -2.52. The Hall–Kier alpha value is -2.36. The smallest absolute Gasteiger partial charge is 0.244 e. The van der Waals surface area contributed by atoms with E-state index in [-0.39, 0.29) is 29.1 Å². The van der Waals surface area contributed by atoms with Crippen LogP contribution in [0.4, 0.5) is 10.1 Å². The first kappa shape index (κ1) is 28.9. The molecule has 2 amide bonds. The van der Waals surface area contributed by atoms with Crippen molar-refractivity contribution in [3.05, 3.63) is 63.9 Å². The summed E-state index contributed by atoms with van der Waals surface area (Å²) in [6.45, 7) is 5.58. The summed E-state index contributed by atoms with van der Waals surface area (Å²) in [6.07, 6.45) is 1.25. The number of nitrogens with zero attached hydrogens (tertiary/aromatic N) is 2. The summed E-state index contributed by atoms with van der Waals surface area (Å²) in [5.74, 6) is -1.44. The highest BCUT2D eigenvalue weighted by atomic mass is 35.5. The van der Waals surface area contributed by atoms with E-state index < -0.39 is 34.3 Å². The minimum Gasteiger partial charge on any atom is -0.354 e. The molecular formula is C24H30Cl2FN3O4S. The van der Waals surface area contributed by atoms with Gasteiger partial charge in [-0.1, -0.05) is 56.1 Å². The number of sulfonamides is 1. The number of rotatable bonds is 11. The zero-order chi connectivity index (χ0) is 26.3. The molecule has 1 atom stereocenters. The third kappa shape index (κ3) is 8.37. The fourth-order valence-electron chi connectivity index (χ4n) is 3.38. The van der Waals surface area contributed by atoms with Crippen LogP contribution in [0, 0.1) is 11.7 Å². The first-order valence-electron chi connectivity index (χ1n) is 11.1. The van der Waals surface area contributed by atoms with Gasteiger partial charge in [-0.25, -0.2) is 12.8 Å². The van der Waals surface area contributed by atoms with Crippen molar-refractivity contribution in [2.75, 3.05) is 23.7 Å². The Morgan fingerprint density at radius 1 is 1.09 bits per heavy atom. The third-order valence-corrected chi connectivity index (χ3v) is 6.89. The molecule has 2 aromatic carbocycles. The van der Waals surface area contributed by atoms with E-state index in [0.717, 1.165) is 22.7 Å². The van der Waals surface area contributed by atoms with Gasteiger partial charge in [-0.2, -0.15) is 0 Å². The highest BCUT2D eigenvalue weighted by Gasteiger charge is 2.32. The van der Waals surface area contributed by atoms with Gasteiger partial charge in [0.2, 0.25) is 21.8 Å². The molecule has 0 fully saturated rings. The van der Waals surface area contributed by atoms with Crippen molar-refractivity contribution in [3.8, 4) is 0 Å². The zero-order valence-corrected chi connectivity index (χ0v) is 22.4. The molecule has 7 nitrogen and oxygen atoms in total. The number of benzene rings is 2. The molecule has 192 valence electrons. The number of amides is 2. The topological polar surface area (TPSA) is 86.8 Å². The standard InChI is InChI=1S/C24H30Cl2FN3O4S/c1-5-22(24(32)28-13-16(2)3)29(14-17-6-8-18(25)9-7-17)23(31)15-30(35(4,33)34)19-10-11-21(27)20(26)12-19/h6-12,16,22H,5,13-15H2,1-4H3,(H,28,32). The van der Waals surface area contributed by atoms with Crippen molar-refractivity contribution >= 4 is 50.7 Å². The second-order valence-electron chi connectivity index (χ2n) is 8.58. The zero-order valence-electron chi connectivity index (χ0n) is 20.1. The number of anilines is 1. The van der Waals surface area contributed by atoms with Gasteiger partial charge in [-0.15, -0.1) is 0 Å². The van der Waals surface area contributed by atoms with Crippen molar-refractivity contribution in [3.63, 3.8) is 0 Å². The molecular weight excluding hydrogens is 516 g/mol. The second kappa shape index (κ2) is 12.6. The monoisotopic (exact) mass is 545 g/mol. The molecule has 0 saturated carbocycles. The fourth-order valence-corrected chi connectivity index (χ4v) is 4.52. The van der Waals surface area contributed by atoms with E-state index in [9.17, 15) is 22.4 Å². The lowest BCUT2D eigenvalue weighted by Gasteiger charge is -2.33. The summed E-state index contributed by atoms with van der Waals surface area (Å²) in [7, 11) is -3.94. The molecule has 2 rings (SSSR count). The van der Waals surface area contributed by atoms with Crippen molar-refractivity contribution in [2.24, 2.45) is 5.92 Å². The minimum atomic E-state index is -3.94. The first-order valence-corrected chi connectivity index (χ1v) is 13.7. The molecule has 0 bridgehead atoms. The molecule has 0 aromatic heterocycles. The van der Waals surface area contributed by atoms with Gasteiger partial charge >= 0.3 is 0 Å². The van der Waals surface area contributed by atoms with E-state index in [1.54, 1.807) is 31.2 Å². The van der Waals surface area contributed by atoms with Crippen LogP contribution >= 0.6 is 23.2 Å². The molecule has 0 aliphatic heterocycles. The van der Waals surface area contributed by atoms with Crippen LogP contribution in [0.15, 0.2) is 42.5 Å². The molecule has 0 saturated heterocycles. The van der Waals surface area contributed by atoms with Gasteiger partial charge in [0.15, 0.2) is 0 Å². The Morgan fingerprint density at radius 2 is 1.71 bits per heavy atom. The van der Waals surface area contributed by atoms with Gasteiger partial charge in [0, 0.05) is 18.1 Å². The molecule has 35 heavy (non-hydrogen) atoms. The predicted molar refractivity (Wildman–Crippen MR) is 138 cm³/mol. The average molecular weight is 546 g/mol. The Morgan fingerprint density at radius 3 is 2.23 bits per heavy atom. The third-order valence-electron chi connectivity index (χ3n) is 5.21. The molecule has 2 aromatic rings. The SMILES string of the molecule is CCC(C(=O)NCC(C)C)N(Cc1ccc(Cl)cc1)C(=O)CN(c1ccc(F)c(Cl)c1)S(C)(=O)=O. The lowest BCUT2D eigenvalue weighted by atomic mass is 10.1. The number of nitrogens with one attached hydrogen (secondary N) is 1. The Kier molecular flexibility index (Phi) is 10.4. The van der Waals surface area contributed by atoms with Crippen molar-refractivity contribution in [2.45, 2.75) is 39.8 Å². The highest BCUT2D eigenvalue weighted by Crippen LogP contribution is 2.25. The van der Waals surface area contributed by atoms with Crippen LogP contribution in [0.1, 0.15) is 32.8 Å². The maximum atomic E-state index is 13.7. The van der Waals surface area contributed by atoms with E-state index in [1.165, 1.54) is 11.0 Å². The Labute approximate surface area is 216 Å². The quantitative estimate of drug-likeness (QED) is 0.451. The van der Waals surface area contributed by atoms with Crippen LogP contribution in [-0.4, -0.2) is 50.5 Å². The Bertz CT molecular complexity index is 1140. The van der Waals surface area contributed by atoms with E-state index in [1.807, 2.05) is 13.8 Å². The lowest BCUT2D eigenvalue weighted by molar-refractivity contribution is -0.140. The van der Waals surface area contributed by atoms with Crippen LogP contribution in [-0.2, 0) is 26.2 Å². The Balaban J connectivity index is 2.43. The summed E-state index contributed by atoms with van der Waals surface area (Å²) in [4.78, 5) is 27.9. The van der Waals surface area contributed by atoms with Crippen molar-refractivity contribution in [1.82, 2.24) is 10.2 Å². The van der Waals surface area contributed by atoms with Gasteiger partial charge in [0.1, 0.15) is 18.4 Å². The number of carbonyl (C=O) groups excluding carboxylic acids is 2. The van der Waals surface area contributed by atoms with Gasteiger partial charge in [0.05, 0.1) is 17.0 Å². The molecule has 11 heteroatoms. The minimum absolute atomic E-state index is 0.0380. The number of carbonyl (C=O) groups is 2. The van der Waals surface area contributed by atoms with Crippen LogP contribution in [0.25, 0.3) is 0 Å². The molecule has 1 unspecified atom stereocenters. The molecule has 0 aliphatic carbocycles. The summed E-state index contributed by atoms with van der Waals surface area (Å²) in [6, 6.07) is 9.36. The molecule has 0 heterocycles. The largest absolute Gasteiger partial charge is 0.354 e. The summed E-state index contributed by atoms with van der Waals surface area (Å²) in [5, 5.41) is 3.09. The maximum Gasteiger partial charge on any atom is 0.244 e. The normalized spacial score (nSPS) is 12.3. The van der Waals surface area contributed by atoms with E-state index >= 15 is 0 Å². The van der Waals surface area contributed by atoms with Crippen molar-refractivity contribution in [1.29, 1.82) is 0 Å². The number of hydrogen-bond donors (Lipinski definition) is 1. The summed E-state index contributed by atoms with van der Waals surface area (Å²) < 4.78 is 39.6. The second-order valence-corrected chi connectivity index (χ2v) is 11.3. The van der Waals surface area contributed by atoms with E-state index in [4.69, 9.17) is 23.2 Å². The van der Waals surface area contributed by atoms with E-state index in [2.05, 4.69) is 5.32 Å². The number of halogens is 3. The first-order chi connectivity index (χ1) is 16.3. The predicted octanol–water partition coefficient (Wildman–Crippen LogP) is 4.48.